The molecule has 0 radical (unpaired) electrons. The molecule has 0 aliphatic rings. The van der Waals surface area contributed by atoms with Gasteiger partial charge in [0.05, 0.1) is 21.3 Å². The van der Waals surface area contributed by atoms with Crippen molar-refractivity contribution in [3.63, 3.8) is 0 Å². The van der Waals surface area contributed by atoms with Gasteiger partial charge < -0.3 is 25.4 Å². The van der Waals surface area contributed by atoms with Crippen molar-refractivity contribution in [2.45, 2.75) is 20.8 Å². The van der Waals surface area contributed by atoms with E-state index in [1.54, 1.807) is 36.5 Å². The number of aromatic nitrogens is 4. The molecule has 4 aromatic rings. The van der Waals surface area contributed by atoms with Gasteiger partial charge in [0.1, 0.15) is 12.8 Å². The number of anilines is 2. The number of H-pyrrole nitrogens is 1. The Morgan fingerprint density at radius 1 is 1.18 bits per heavy atom. The highest BCUT2D eigenvalue weighted by molar-refractivity contribution is 6.39. The van der Waals surface area contributed by atoms with Crippen LogP contribution in [0.5, 0.6) is 0 Å². The summed E-state index contributed by atoms with van der Waals surface area (Å²) in [4.78, 5) is 45.5. The van der Waals surface area contributed by atoms with Crippen LogP contribution in [0, 0.1) is 6.92 Å². The molecule has 0 spiro atoms. The first-order chi connectivity index (χ1) is 18.3. The summed E-state index contributed by atoms with van der Waals surface area (Å²) >= 11 is 12.7. The molecule has 38 heavy (non-hydrogen) atoms. The summed E-state index contributed by atoms with van der Waals surface area (Å²) in [7, 11) is 1.37. The lowest BCUT2D eigenvalue weighted by molar-refractivity contribution is 0.0944. The zero-order chi connectivity index (χ0) is 27.4. The first-order valence-electron chi connectivity index (χ1n) is 12.2. The van der Waals surface area contributed by atoms with Gasteiger partial charge in [-0.1, -0.05) is 43.1 Å². The van der Waals surface area contributed by atoms with Gasteiger partial charge in [-0.25, -0.2) is 4.98 Å². The summed E-state index contributed by atoms with van der Waals surface area (Å²) in [6, 6.07) is 8.35. The third-order valence-electron chi connectivity index (χ3n) is 6.23. The molecule has 0 aliphatic heterocycles. The summed E-state index contributed by atoms with van der Waals surface area (Å²) in [5.74, 6) is 0.0218. The fraction of sp³-hybridized carbons (Fsp3) is 0.308. The predicted octanol–water partition coefficient (Wildman–Crippen LogP) is 4.28. The molecule has 0 atom stereocenters. The Hall–Kier alpha value is -3.60. The van der Waals surface area contributed by atoms with Gasteiger partial charge in [-0.05, 0) is 44.3 Å². The van der Waals surface area contributed by atoms with Crippen LogP contribution in [-0.2, 0) is 0 Å². The average Bonchev–Trinajstić information content (AvgIpc) is 3.27. The van der Waals surface area contributed by atoms with E-state index in [1.165, 1.54) is 7.11 Å². The highest BCUT2D eigenvalue weighted by Gasteiger charge is 2.19. The standard InChI is InChI=1S/C26H29Cl2N7O3/c1-5-34(6-2)11-10-29-24(36)21-13-20(15(3)31-21)32-26-30-14-16-12-17(22-18(27)8-7-9-19(22)28)25(37)35(38-4)23(16)33-26/h7-9,12-14,31H,5-6,10-11H2,1-4H3,(H,29,36)(H,30,32,33). The molecule has 3 aromatic heterocycles. The minimum absolute atomic E-state index is 0.202. The average molecular weight is 558 g/mol. The van der Waals surface area contributed by atoms with E-state index >= 15 is 0 Å². The van der Waals surface area contributed by atoms with Crippen molar-refractivity contribution >= 4 is 51.8 Å². The Morgan fingerprint density at radius 3 is 2.55 bits per heavy atom. The lowest BCUT2D eigenvalue weighted by Crippen LogP contribution is -2.34. The number of hydrogen-bond acceptors (Lipinski definition) is 7. The van der Waals surface area contributed by atoms with Gasteiger partial charge >= 0.3 is 0 Å². The van der Waals surface area contributed by atoms with Crippen LogP contribution in [0.25, 0.3) is 22.2 Å². The number of likely N-dealkylation sites (N-methyl/N-ethyl adjacent to an activating group) is 1. The van der Waals surface area contributed by atoms with Crippen molar-refractivity contribution in [1.29, 1.82) is 0 Å². The number of nitrogens with one attached hydrogen (secondary N) is 3. The van der Waals surface area contributed by atoms with Crippen molar-refractivity contribution in [1.82, 2.24) is 29.9 Å². The van der Waals surface area contributed by atoms with Gasteiger partial charge in [-0.3, -0.25) is 9.59 Å². The molecule has 1 aromatic carbocycles. The number of fused-ring (bicyclic) bond motifs is 1. The summed E-state index contributed by atoms with van der Waals surface area (Å²) < 4.78 is 1.07. The number of aryl methyl sites for hydroxylation is 1. The molecule has 0 unspecified atom stereocenters. The number of amides is 1. The predicted molar refractivity (Wildman–Crippen MR) is 151 cm³/mol. The number of hydrogen-bond donors (Lipinski definition) is 3. The Bertz CT molecular complexity index is 1510. The third-order valence-corrected chi connectivity index (χ3v) is 6.86. The number of aromatic amines is 1. The van der Waals surface area contributed by atoms with Gasteiger partial charge in [0.2, 0.25) is 5.95 Å². The summed E-state index contributed by atoms with van der Waals surface area (Å²) in [5, 5.41) is 7.27. The Kier molecular flexibility index (Phi) is 8.55. The molecule has 0 fully saturated rings. The highest BCUT2D eigenvalue weighted by Crippen LogP contribution is 2.33. The smallest absolute Gasteiger partial charge is 0.293 e. The number of benzene rings is 1. The zero-order valence-electron chi connectivity index (χ0n) is 21.6. The van der Waals surface area contributed by atoms with E-state index in [2.05, 4.69) is 44.3 Å². The number of pyridine rings is 1. The van der Waals surface area contributed by atoms with Crippen LogP contribution in [0.1, 0.15) is 30.0 Å². The van der Waals surface area contributed by atoms with Crippen molar-refractivity contribution in [3.05, 3.63) is 68.3 Å². The van der Waals surface area contributed by atoms with E-state index in [0.29, 0.717) is 38.9 Å². The van der Waals surface area contributed by atoms with Gasteiger partial charge in [0, 0.05) is 35.9 Å². The third kappa shape index (κ3) is 5.62. The summed E-state index contributed by atoms with van der Waals surface area (Å²) in [5.41, 5.74) is 2.23. The molecule has 200 valence electrons. The number of carbonyl (C=O) groups excluding carboxylic acids is 1. The van der Waals surface area contributed by atoms with Crippen molar-refractivity contribution < 1.29 is 9.63 Å². The minimum atomic E-state index is -0.471. The highest BCUT2D eigenvalue weighted by atomic mass is 35.5. The molecule has 0 bridgehead atoms. The SMILES string of the molecule is CCN(CC)CCNC(=O)c1cc(Nc2ncc3cc(-c4c(Cl)cccc4Cl)c(=O)n(OC)c3n2)c(C)[nH]1. The minimum Gasteiger partial charge on any atom is -0.412 e. The summed E-state index contributed by atoms with van der Waals surface area (Å²) in [6.45, 7) is 9.20. The first-order valence-corrected chi connectivity index (χ1v) is 12.9. The molecule has 0 saturated heterocycles. The molecule has 1 amide bonds. The van der Waals surface area contributed by atoms with Gasteiger partial charge in [0.15, 0.2) is 5.65 Å². The second kappa shape index (κ2) is 11.8. The Labute approximate surface area is 229 Å². The monoisotopic (exact) mass is 557 g/mol. The number of nitrogens with zero attached hydrogens (tertiary/aromatic N) is 4. The fourth-order valence-electron chi connectivity index (χ4n) is 4.13. The molecule has 10 nitrogen and oxygen atoms in total. The van der Waals surface area contributed by atoms with Gasteiger partial charge in [0.25, 0.3) is 11.5 Å². The normalized spacial score (nSPS) is 11.2. The van der Waals surface area contributed by atoms with Gasteiger partial charge in [-0.2, -0.15) is 4.98 Å². The number of rotatable bonds is 10. The molecular weight excluding hydrogens is 529 g/mol. The van der Waals surface area contributed by atoms with Crippen LogP contribution in [0.2, 0.25) is 10.0 Å². The molecule has 3 heterocycles. The van der Waals surface area contributed by atoms with Crippen LogP contribution in [-0.4, -0.2) is 63.8 Å². The zero-order valence-corrected chi connectivity index (χ0v) is 23.1. The van der Waals surface area contributed by atoms with Crippen LogP contribution in [0.3, 0.4) is 0 Å². The van der Waals surface area contributed by atoms with E-state index in [0.717, 1.165) is 30.1 Å². The lowest BCUT2D eigenvalue weighted by Gasteiger charge is -2.17. The Morgan fingerprint density at radius 2 is 1.89 bits per heavy atom. The van der Waals surface area contributed by atoms with Crippen molar-refractivity contribution in [3.8, 4) is 11.1 Å². The molecule has 12 heteroatoms. The molecular formula is C26H29Cl2N7O3. The molecule has 4 rings (SSSR count). The summed E-state index contributed by atoms with van der Waals surface area (Å²) in [6.07, 6.45) is 1.57. The maximum Gasteiger partial charge on any atom is 0.293 e. The van der Waals surface area contributed by atoms with Gasteiger partial charge in [-0.15, -0.1) is 4.73 Å². The van der Waals surface area contributed by atoms with E-state index in [4.69, 9.17) is 28.0 Å². The van der Waals surface area contributed by atoms with E-state index in [-0.39, 0.29) is 23.1 Å². The lowest BCUT2D eigenvalue weighted by atomic mass is 10.1. The topological polar surface area (TPSA) is 117 Å². The molecule has 0 aliphatic carbocycles. The van der Waals surface area contributed by atoms with Crippen molar-refractivity contribution in [2.24, 2.45) is 0 Å². The number of carbonyl (C=O) groups is 1. The first kappa shape index (κ1) is 27.4. The van der Waals surface area contributed by atoms with E-state index < -0.39 is 5.56 Å². The van der Waals surface area contributed by atoms with Crippen LogP contribution < -0.4 is 21.0 Å². The second-order valence-electron chi connectivity index (χ2n) is 8.54. The maximum absolute atomic E-state index is 13.3. The van der Waals surface area contributed by atoms with E-state index in [9.17, 15) is 9.59 Å². The number of halogens is 2. The van der Waals surface area contributed by atoms with E-state index in [1.807, 2.05) is 6.92 Å². The second-order valence-corrected chi connectivity index (χ2v) is 9.35. The quantitative estimate of drug-likeness (QED) is 0.266. The molecule has 0 saturated carbocycles. The fourth-order valence-corrected chi connectivity index (χ4v) is 4.73. The van der Waals surface area contributed by atoms with Crippen molar-refractivity contribution in [2.75, 3.05) is 38.6 Å². The van der Waals surface area contributed by atoms with Crippen LogP contribution in [0.4, 0.5) is 11.6 Å². The van der Waals surface area contributed by atoms with Crippen LogP contribution in [0.15, 0.2) is 41.3 Å². The Balaban J connectivity index is 1.60. The largest absolute Gasteiger partial charge is 0.412 e. The maximum atomic E-state index is 13.3. The molecule has 3 N–H and O–H groups in total. The van der Waals surface area contributed by atoms with Crippen LogP contribution >= 0.6 is 23.2 Å².